The van der Waals surface area contributed by atoms with Crippen LogP contribution in [0.3, 0.4) is 0 Å². The summed E-state index contributed by atoms with van der Waals surface area (Å²) < 4.78 is 52.1. The lowest BCUT2D eigenvalue weighted by Crippen LogP contribution is -2.37. The van der Waals surface area contributed by atoms with E-state index >= 15 is 0 Å². The van der Waals surface area contributed by atoms with Gasteiger partial charge in [0.25, 0.3) is 0 Å². The minimum atomic E-state index is -4.46. The van der Waals surface area contributed by atoms with Crippen molar-refractivity contribution < 1.29 is 27.8 Å². The molecule has 2 atom stereocenters. The van der Waals surface area contributed by atoms with Gasteiger partial charge in [-0.05, 0) is 36.0 Å². The van der Waals surface area contributed by atoms with Gasteiger partial charge in [-0.2, -0.15) is 13.2 Å². The van der Waals surface area contributed by atoms with Gasteiger partial charge in [-0.15, -0.1) is 0 Å². The van der Waals surface area contributed by atoms with Crippen LogP contribution in [0, 0.1) is 5.41 Å². The monoisotopic (exact) mass is 490 g/mol. The second kappa shape index (κ2) is 7.98. The van der Waals surface area contributed by atoms with Crippen molar-refractivity contribution >= 4 is 0 Å². The number of alkyl halides is 3. The molecule has 0 bridgehead atoms. The Balaban J connectivity index is 1.77. The fourth-order valence-electron chi connectivity index (χ4n) is 5.97. The Morgan fingerprint density at radius 3 is 2.31 bits per heavy atom. The van der Waals surface area contributed by atoms with Gasteiger partial charge in [-0.25, -0.2) is 0 Å². The molecule has 190 valence electrons. The van der Waals surface area contributed by atoms with Gasteiger partial charge in [0, 0.05) is 54.5 Å². The van der Waals surface area contributed by atoms with Crippen LogP contribution >= 0.6 is 0 Å². The Morgan fingerprint density at radius 1 is 1.06 bits per heavy atom. The highest BCUT2D eigenvalue weighted by molar-refractivity contribution is 5.54. The molecule has 1 N–H and O–H groups in total. The predicted molar refractivity (Wildman–Crippen MR) is 124 cm³/mol. The molecule has 2 aromatic rings. The first-order valence-electron chi connectivity index (χ1n) is 12.3. The van der Waals surface area contributed by atoms with Gasteiger partial charge in [0.1, 0.15) is 6.10 Å². The molecule has 2 aliphatic heterocycles. The minimum absolute atomic E-state index is 0.0977. The number of halogens is 3. The molecule has 0 unspecified atom stereocenters. The summed E-state index contributed by atoms with van der Waals surface area (Å²) in [5.41, 5.74) is 2.88. The number of hydrogen-bond acceptors (Lipinski definition) is 5. The van der Waals surface area contributed by atoms with E-state index in [0.29, 0.717) is 38.2 Å². The van der Waals surface area contributed by atoms with Crippen LogP contribution in [0.2, 0.25) is 0 Å². The van der Waals surface area contributed by atoms with Crippen molar-refractivity contribution in [1.29, 1.82) is 0 Å². The van der Waals surface area contributed by atoms with E-state index in [9.17, 15) is 18.3 Å². The van der Waals surface area contributed by atoms with E-state index in [4.69, 9.17) is 14.5 Å². The molecular weight excluding hydrogens is 457 g/mol. The molecule has 1 aliphatic carbocycles. The summed E-state index contributed by atoms with van der Waals surface area (Å²) in [5, 5.41) is 11.4. The zero-order valence-electron chi connectivity index (χ0n) is 20.9. The lowest BCUT2D eigenvalue weighted by atomic mass is 9.69. The fourth-order valence-corrected chi connectivity index (χ4v) is 5.97. The normalized spacial score (nSPS) is 25.4. The number of fused-ring (bicyclic) bond motifs is 4. The van der Waals surface area contributed by atoms with Crippen LogP contribution < -0.4 is 0 Å². The van der Waals surface area contributed by atoms with Gasteiger partial charge in [-0.1, -0.05) is 34.6 Å². The molecule has 4 heterocycles. The largest absolute Gasteiger partial charge is 0.417 e. The van der Waals surface area contributed by atoms with Crippen molar-refractivity contribution in [3.8, 4) is 0 Å². The van der Waals surface area contributed by atoms with Crippen molar-refractivity contribution in [2.75, 3.05) is 13.2 Å². The van der Waals surface area contributed by atoms with Crippen LogP contribution in [0.1, 0.15) is 105 Å². The van der Waals surface area contributed by atoms with Gasteiger partial charge >= 0.3 is 6.18 Å². The number of pyridine rings is 2. The molecule has 35 heavy (non-hydrogen) atoms. The molecular formula is C27H33F3N2O3. The number of aliphatic hydroxyl groups excluding tert-OH is 1. The Labute approximate surface area is 204 Å². The van der Waals surface area contributed by atoms with Crippen molar-refractivity contribution in [1.82, 2.24) is 9.97 Å². The van der Waals surface area contributed by atoms with Crippen molar-refractivity contribution in [2.24, 2.45) is 5.41 Å². The molecule has 1 saturated heterocycles. The molecule has 5 rings (SSSR count). The van der Waals surface area contributed by atoms with Crippen LogP contribution in [0.15, 0.2) is 18.3 Å². The molecule has 2 aromatic heterocycles. The quantitative estimate of drug-likeness (QED) is 0.537. The Hall–Kier alpha value is -2.03. The number of rotatable bonds is 1. The van der Waals surface area contributed by atoms with Crippen LogP contribution in [-0.2, 0) is 33.1 Å². The van der Waals surface area contributed by atoms with E-state index in [2.05, 4.69) is 39.6 Å². The fraction of sp³-hybridized carbons (Fsp3) is 0.630. The summed E-state index contributed by atoms with van der Waals surface area (Å²) in [4.78, 5) is 9.35. The highest BCUT2D eigenvalue weighted by Crippen LogP contribution is 2.57. The van der Waals surface area contributed by atoms with E-state index in [-0.39, 0.29) is 10.8 Å². The average Bonchev–Trinajstić information content (AvgIpc) is 3.05. The van der Waals surface area contributed by atoms with Crippen molar-refractivity contribution in [3.05, 3.63) is 57.7 Å². The average molecular weight is 491 g/mol. The molecule has 0 aromatic carbocycles. The lowest BCUT2D eigenvalue weighted by molar-refractivity contribution is -0.138. The molecule has 0 saturated carbocycles. The highest BCUT2D eigenvalue weighted by Gasteiger charge is 2.53. The maximum Gasteiger partial charge on any atom is 0.417 e. The Morgan fingerprint density at radius 2 is 1.74 bits per heavy atom. The lowest BCUT2D eigenvalue weighted by Gasteiger charge is -2.40. The van der Waals surface area contributed by atoms with E-state index in [1.165, 1.54) is 6.07 Å². The maximum atomic E-state index is 13.2. The molecule has 3 aliphatic rings. The third-order valence-electron chi connectivity index (χ3n) is 7.53. The van der Waals surface area contributed by atoms with Crippen LogP contribution in [0.5, 0.6) is 0 Å². The molecule has 0 radical (unpaired) electrons. The Kier molecular flexibility index (Phi) is 5.62. The molecule has 5 nitrogen and oxygen atoms in total. The van der Waals surface area contributed by atoms with Crippen LogP contribution in [0.4, 0.5) is 13.2 Å². The van der Waals surface area contributed by atoms with Gasteiger partial charge < -0.3 is 14.6 Å². The van der Waals surface area contributed by atoms with Crippen molar-refractivity contribution in [3.63, 3.8) is 0 Å². The first kappa shape index (κ1) is 24.7. The number of aliphatic hydroxyl groups is 1. The van der Waals surface area contributed by atoms with Gasteiger partial charge in [0.05, 0.1) is 28.7 Å². The predicted octanol–water partition coefficient (Wildman–Crippen LogP) is 5.92. The summed E-state index contributed by atoms with van der Waals surface area (Å²) in [5.74, 6) is 0. The summed E-state index contributed by atoms with van der Waals surface area (Å²) in [6.45, 7) is 11.5. The number of aromatic nitrogens is 2. The number of nitrogens with zero attached hydrogens (tertiary/aromatic N) is 2. The summed E-state index contributed by atoms with van der Waals surface area (Å²) in [6, 6.07) is 2.46. The summed E-state index contributed by atoms with van der Waals surface area (Å²) in [6.07, 6.45) is -2.39. The number of hydrogen-bond donors (Lipinski definition) is 1. The zero-order valence-corrected chi connectivity index (χ0v) is 20.9. The van der Waals surface area contributed by atoms with E-state index in [0.717, 1.165) is 46.8 Å². The SMILES string of the molecule is CC1(C)Cc2nc(C(C)(C)C)c3c(c2[C@@H](O)C1)C1(CCOCC1)O[C@@H]3c1ccc(C(F)(F)F)cn1. The topological polar surface area (TPSA) is 64.5 Å². The van der Waals surface area contributed by atoms with Crippen LogP contribution in [-0.4, -0.2) is 28.3 Å². The first-order chi connectivity index (χ1) is 16.2. The van der Waals surface area contributed by atoms with Gasteiger partial charge in [0.15, 0.2) is 0 Å². The molecule has 8 heteroatoms. The van der Waals surface area contributed by atoms with E-state index in [1.807, 2.05) is 0 Å². The first-order valence-corrected chi connectivity index (χ1v) is 12.3. The third kappa shape index (κ3) is 4.17. The minimum Gasteiger partial charge on any atom is -0.388 e. The van der Waals surface area contributed by atoms with Gasteiger partial charge in [-0.3, -0.25) is 9.97 Å². The highest BCUT2D eigenvalue weighted by atomic mass is 19.4. The maximum absolute atomic E-state index is 13.2. The summed E-state index contributed by atoms with van der Waals surface area (Å²) >= 11 is 0. The molecule has 1 fully saturated rings. The second-order valence-corrected chi connectivity index (χ2v) is 12.0. The van der Waals surface area contributed by atoms with E-state index < -0.39 is 29.5 Å². The zero-order chi connectivity index (χ0) is 25.4. The van der Waals surface area contributed by atoms with Gasteiger partial charge in [0.2, 0.25) is 0 Å². The second-order valence-electron chi connectivity index (χ2n) is 12.0. The smallest absolute Gasteiger partial charge is 0.388 e. The Bertz CT molecular complexity index is 1130. The third-order valence-corrected chi connectivity index (χ3v) is 7.53. The summed E-state index contributed by atoms with van der Waals surface area (Å²) in [7, 11) is 0. The molecule has 0 amide bonds. The van der Waals surface area contributed by atoms with Crippen LogP contribution in [0.25, 0.3) is 0 Å². The standard InChI is InChI=1S/C27H33F3N2O3/c1-24(2,3)23-20-21(19-17(32-23)12-25(4,5)13-18(19)33)26(8-10-34-11-9-26)35-22(20)16-7-6-15(14-31-16)27(28,29)30/h6-7,14,18,22,33H,8-13H2,1-5H3/t18-,22+/m0/s1. The number of ether oxygens (including phenoxy) is 2. The van der Waals surface area contributed by atoms with Crippen molar-refractivity contribution in [2.45, 2.75) is 89.7 Å². The molecule has 1 spiro atoms. The van der Waals surface area contributed by atoms with E-state index in [1.54, 1.807) is 0 Å².